The molecule has 1 fully saturated rings. The van der Waals surface area contributed by atoms with Crippen LogP contribution in [-0.2, 0) is 4.79 Å². The van der Waals surface area contributed by atoms with Crippen molar-refractivity contribution in [1.29, 1.82) is 0 Å². The van der Waals surface area contributed by atoms with E-state index in [1.807, 2.05) is 6.92 Å². The fourth-order valence-electron chi connectivity index (χ4n) is 1.52. The number of carbonyl (C=O) groups is 1. The molecule has 0 aliphatic carbocycles. The van der Waals surface area contributed by atoms with Gasteiger partial charge < -0.3 is 26.2 Å². The van der Waals surface area contributed by atoms with E-state index in [0.29, 0.717) is 12.7 Å². The molecule has 1 rings (SSSR count). The molecule has 0 aromatic carbocycles. The highest BCUT2D eigenvalue weighted by atomic mass is 16.4. The van der Waals surface area contributed by atoms with Crippen LogP contribution in [0.15, 0.2) is 0 Å². The minimum absolute atomic E-state index is 0.0577. The van der Waals surface area contributed by atoms with Crippen molar-refractivity contribution in [3.63, 3.8) is 0 Å². The van der Waals surface area contributed by atoms with Crippen molar-refractivity contribution < 1.29 is 19.9 Å². The number of unbranched alkanes of at least 4 members (excludes halogenated alkanes) is 1. The molecule has 6 nitrogen and oxygen atoms in total. The molecular formula is C10H23BN2O4. The van der Waals surface area contributed by atoms with E-state index in [0.717, 1.165) is 25.8 Å². The predicted molar refractivity (Wildman–Crippen MR) is 66.5 cm³/mol. The minimum atomic E-state index is -1.10. The summed E-state index contributed by atoms with van der Waals surface area (Å²) in [4.78, 5) is 10.4. The molecule has 100 valence electrons. The Bertz CT molecular complexity index is 216. The molecule has 0 spiro atoms. The van der Waals surface area contributed by atoms with Crippen LogP contribution in [0.25, 0.3) is 0 Å². The summed E-state index contributed by atoms with van der Waals surface area (Å²) in [6.07, 6.45) is 3.87. The van der Waals surface area contributed by atoms with Gasteiger partial charge in [-0.1, -0.05) is 19.8 Å². The number of carboxylic acids is 1. The maximum absolute atomic E-state index is 10.4. The summed E-state index contributed by atoms with van der Waals surface area (Å²) in [6, 6.07) is -0.369. The van der Waals surface area contributed by atoms with Gasteiger partial charge in [-0.15, -0.1) is 0 Å². The van der Waals surface area contributed by atoms with Crippen molar-refractivity contribution in [1.82, 2.24) is 5.32 Å². The zero-order valence-electron chi connectivity index (χ0n) is 10.3. The lowest BCUT2D eigenvalue weighted by molar-refractivity contribution is -0.140. The predicted octanol–water partition coefficient (Wildman–Crippen LogP) is -0.590. The van der Waals surface area contributed by atoms with Gasteiger partial charge in [0.15, 0.2) is 0 Å². The number of carboxylic acid groups (broad SMARTS) is 1. The molecule has 1 aliphatic heterocycles. The quantitative estimate of drug-likeness (QED) is 0.423. The first-order chi connectivity index (χ1) is 7.97. The van der Waals surface area contributed by atoms with E-state index in [4.69, 9.17) is 20.9 Å². The molecule has 1 heterocycles. The second kappa shape index (κ2) is 9.41. The highest BCUT2D eigenvalue weighted by Crippen LogP contribution is 2.05. The first kappa shape index (κ1) is 16.4. The Morgan fingerprint density at radius 2 is 2.18 bits per heavy atom. The van der Waals surface area contributed by atoms with Crippen LogP contribution in [0, 0.1) is 0 Å². The van der Waals surface area contributed by atoms with Gasteiger partial charge in [-0.05, 0) is 25.7 Å². The zero-order valence-corrected chi connectivity index (χ0v) is 10.3. The van der Waals surface area contributed by atoms with Crippen molar-refractivity contribution >= 4 is 13.1 Å². The average molecular weight is 246 g/mol. The highest BCUT2D eigenvalue weighted by Gasteiger charge is 2.23. The number of piperidine rings is 1. The number of hydrogen-bond acceptors (Lipinski definition) is 5. The molecule has 0 aromatic rings. The van der Waals surface area contributed by atoms with E-state index in [1.165, 1.54) is 0 Å². The maximum Gasteiger partial charge on any atom is 0.451 e. The van der Waals surface area contributed by atoms with Gasteiger partial charge in [0.05, 0.1) is 0 Å². The zero-order chi connectivity index (χ0) is 13.3. The van der Waals surface area contributed by atoms with Gasteiger partial charge in [-0.2, -0.15) is 0 Å². The Hall–Kier alpha value is -0.625. The fourth-order valence-corrected chi connectivity index (χ4v) is 1.52. The third-order valence-electron chi connectivity index (χ3n) is 2.56. The summed E-state index contributed by atoms with van der Waals surface area (Å²) in [6.45, 7) is 2.74. The Kier molecular flexibility index (Phi) is 9.06. The molecule has 6 N–H and O–H groups in total. The van der Waals surface area contributed by atoms with Crippen molar-refractivity contribution in [2.24, 2.45) is 5.73 Å². The summed E-state index contributed by atoms with van der Waals surface area (Å²) >= 11 is 0. The third-order valence-corrected chi connectivity index (χ3v) is 2.56. The first-order valence-corrected chi connectivity index (χ1v) is 6.05. The van der Waals surface area contributed by atoms with Gasteiger partial charge in [0.2, 0.25) is 0 Å². The summed E-state index contributed by atoms with van der Waals surface area (Å²) in [7, 11) is -1.10. The van der Waals surface area contributed by atoms with Crippen molar-refractivity contribution in [3.05, 3.63) is 0 Å². The van der Waals surface area contributed by atoms with Crippen LogP contribution in [0.5, 0.6) is 0 Å². The van der Waals surface area contributed by atoms with E-state index in [2.05, 4.69) is 5.32 Å². The molecule has 0 bridgehead atoms. The smallest absolute Gasteiger partial charge is 0.451 e. The largest absolute Gasteiger partial charge is 0.480 e. The van der Waals surface area contributed by atoms with Crippen molar-refractivity contribution in [2.45, 2.75) is 51.0 Å². The van der Waals surface area contributed by atoms with Crippen molar-refractivity contribution in [2.75, 3.05) is 6.54 Å². The fraction of sp³-hybridized carbons (Fsp3) is 0.900. The van der Waals surface area contributed by atoms with Crippen LogP contribution in [-0.4, -0.2) is 46.9 Å². The average Bonchev–Trinajstić information content (AvgIpc) is 2.27. The highest BCUT2D eigenvalue weighted by molar-refractivity contribution is 6.40. The van der Waals surface area contributed by atoms with Crippen LogP contribution in [0.2, 0.25) is 6.32 Å². The van der Waals surface area contributed by atoms with Gasteiger partial charge in [0, 0.05) is 6.04 Å². The number of hydrogen-bond donors (Lipinski definition) is 5. The third kappa shape index (κ3) is 9.11. The van der Waals surface area contributed by atoms with Gasteiger partial charge in [0.1, 0.15) is 6.04 Å². The maximum atomic E-state index is 10.4. The SMILES string of the molecule is CCCCB(O)O.N[C@H]1CCN[C@@H](C(=O)O)C1. The van der Waals surface area contributed by atoms with Crippen LogP contribution < -0.4 is 11.1 Å². The van der Waals surface area contributed by atoms with E-state index in [9.17, 15) is 4.79 Å². The minimum Gasteiger partial charge on any atom is -0.480 e. The van der Waals surface area contributed by atoms with E-state index in [-0.39, 0.29) is 6.04 Å². The molecule has 1 aliphatic rings. The van der Waals surface area contributed by atoms with Crippen molar-refractivity contribution in [3.8, 4) is 0 Å². The molecule has 0 aromatic heterocycles. The van der Waals surface area contributed by atoms with E-state index in [1.54, 1.807) is 0 Å². The number of rotatable bonds is 4. The molecule has 7 heteroatoms. The molecule has 17 heavy (non-hydrogen) atoms. The topological polar surface area (TPSA) is 116 Å². The Labute approximate surface area is 102 Å². The lowest BCUT2D eigenvalue weighted by Crippen LogP contribution is -2.47. The normalized spacial score (nSPS) is 23.5. The number of nitrogens with two attached hydrogens (primary N) is 1. The second-order valence-electron chi connectivity index (χ2n) is 4.25. The molecule has 0 unspecified atom stereocenters. The molecular weight excluding hydrogens is 223 g/mol. The summed E-state index contributed by atoms with van der Waals surface area (Å²) in [5, 5.41) is 27.9. The summed E-state index contributed by atoms with van der Waals surface area (Å²) in [5.74, 6) is -0.796. The number of aliphatic carboxylic acids is 1. The number of nitrogens with one attached hydrogen (secondary N) is 1. The van der Waals surface area contributed by atoms with E-state index < -0.39 is 19.1 Å². The van der Waals surface area contributed by atoms with Crippen LogP contribution in [0.4, 0.5) is 0 Å². The van der Waals surface area contributed by atoms with Crippen LogP contribution >= 0.6 is 0 Å². The molecule has 1 saturated heterocycles. The van der Waals surface area contributed by atoms with Gasteiger partial charge >= 0.3 is 13.1 Å². The summed E-state index contributed by atoms with van der Waals surface area (Å²) < 4.78 is 0. The lowest BCUT2D eigenvalue weighted by atomic mass is 9.84. The Balaban J connectivity index is 0.000000325. The van der Waals surface area contributed by atoms with E-state index >= 15 is 0 Å². The van der Waals surface area contributed by atoms with Gasteiger partial charge in [0.25, 0.3) is 0 Å². The standard InChI is InChI=1S/C6H12N2O2.C4H11BO2/c7-4-1-2-8-5(3-4)6(9)10;1-2-3-4-5(6)7/h4-5,8H,1-3,7H2,(H,9,10);6-7H,2-4H2,1H3/t4-,5+;/m0./s1. The molecule has 2 atom stereocenters. The molecule has 0 radical (unpaired) electrons. The summed E-state index contributed by atoms with van der Waals surface area (Å²) in [5.41, 5.74) is 5.56. The van der Waals surface area contributed by atoms with Crippen LogP contribution in [0.3, 0.4) is 0 Å². The monoisotopic (exact) mass is 246 g/mol. The van der Waals surface area contributed by atoms with Gasteiger partial charge in [-0.25, -0.2) is 0 Å². The van der Waals surface area contributed by atoms with Gasteiger partial charge in [-0.3, -0.25) is 4.79 Å². The Morgan fingerprint density at radius 3 is 2.47 bits per heavy atom. The Morgan fingerprint density at radius 1 is 1.53 bits per heavy atom. The lowest BCUT2D eigenvalue weighted by Gasteiger charge is -2.24. The molecule has 0 saturated carbocycles. The molecule has 0 amide bonds. The second-order valence-corrected chi connectivity index (χ2v) is 4.25. The van der Waals surface area contributed by atoms with Crippen LogP contribution in [0.1, 0.15) is 32.6 Å². The first-order valence-electron chi connectivity index (χ1n) is 6.05.